The van der Waals surface area contributed by atoms with Gasteiger partial charge in [-0.05, 0) is 52.1 Å². The molecule has 0 radical (unpaired) electrons. The number of amides is 1. The Balaban J connectivity index is 1.31. The Bertz CT molecular complexity index is 1390. The van der Waals surface area contributed by atoms with Gasteiger partial charge in [0.2, 0.25) is 5.91 Å². The summed E-state index contributed by atoms with van der Waals surface area (Å²) in [4.78, 5) is 20.2. The molecule has 1 saturated heterocycles. The summed E-state index contributed by atoms with van der Waals surface area (Å²) in [5.74, 6) is 0.849. The van der Waals surface area contributed by atoms with Crippen LogP contribution in [0.15, 0.2) is 43.0 Å². The molecule has 9 nitrogen and oxygen atoms in total. The second-order valence-electron chi connectivity index (χ2n) is 9.62. The molecule has 4 heterocycles. The molecule has 11 heteroatoms. The number of rotatable bonds is 7. The zero-order valence-corrected chi connectivity index (χ0v) is 22.5. The third-order valence-corrected chi connectivity index (χ3v) is 7.26. The zero-order valence-electron chi connectivity index (χ0n) is 21.0. The molecule has 1 aliphatic rings. The topological polar surface area (TPSA) is 92.2 Å². The van der Waals surface area contributed by atoms with Gasteiger partial charge in [-0.25, -0.2) is 0 Å². The molecule has 0 saturated carbocycles. The second kappa shape index (κ2) is 10.7. The fourth-order valence-electron chi connectivity index (χ4n) is 4.77. The summed E-state index contributed by atoms with van der Waals surface area (Å²) < 4.78 is 8.19. The highest BCUT2D eigenvalue weighted by atomic mass is 35.5. The van der Waals surface area contributed by atoms with E-state index in [1.54, 1.807) is 12.4 Å². The van der Waals surface area contributed by atoms with E-state index in [9.17, 15) is 4.79 Å². The van der Waals surface area contributed by atoms with Crippen molar-refractivity contribution in [2.45, 2.75) is 31.9 Å². The van der Waals surface area contributed by atoms with Gasteiger partial charge in [0.1, 0.15) is 17.5 Å². The lowest BCUT2D eigenvalue weighted by molar-refractivity contribution is -0.133. The van der Waals surface area contributed by atoms with Gasteiger partial charge in [0, 0.05) is 48.2 Å². The van der Waals surface area contributed by atoms with Gasteiger partial charge >= 0.3 is 0 Å². The molecule has 1 fully saturated rings. The number of nitrogens with zero attached hydrogens (tertiary/aromatic N) is 6. The highest BCUT2D eigenvalue weighted by Gasteiger charge is 2.25. The Morgan fingerprint density at radius 1 is 1.19 bits per heavy atom. The smallest absolute Gasteiger partial charge is 0.236 e. The number of pyridine rings is 1. The first-order valence-corrected chi connectivity index (χ1v) is 13.0. The first kappa shape index (κ1) is 25.5. The molecular weight excluding hydrogens is 513 g/mol. The van der Waals surface area contributed by atoms with E-state index in [-0.39, 0.29) is 18.1 Å². The number of nitrogens with one attached hydrogen (secondary N) is 1. The van der Waals surface area contributed by atoms with Crippen molar-refractivity contribution in [2.24, 2.45) is 0 Å². The molecule has 37 heavy (non-hydrogen) atoms. The van der Waals surface area contributed by atoms with Gasteiger partial charge in [-0.3, -0.25) is 19.6 Å². The fraction of sp³-hybridized carbons (Fsp3) is 0.385. The molecule has 0 bridgehead atoms. The first-order valence-electron chi connectivity index (χ1n) is 12.2. The Kier molecular flexibility index (Phi) is 7.37. The van der Waals surface area contributed by atoms with Crippen molar-refractivity contribution in [1.82, 2.24) is 34.8 Å². The number of likely N-dealkylation sites (N-methyl/N-ethyl adjacent to an activating group) is 1. The average molecular weight is 542 g/mol. The Labute approximate surface area is 225 Å². The number of halogens is 2. The van der Waals surface area contributed by atoms with E-state index in [1.807, 2.05) is 66.1 Å². The van der Waals surface area contributed by atoms with Crippen LogP contribution in [0, 0.1) is 0 Å². The van der Waals surface area contributed by atoms with Crippen LogP contribution < -0.4 is 4.74 Å². The molecule has 0 spiro atoms. The van der Waals surface area contributed by atoms with Crippen LogP contribution in [0.5, 0.6) is 5.75 Å². The molecular formula is C26H29Cl2N7O2. The van der Waals surface area contributed by atoms with Gasteiger partial charge in [-0.15, -0.1) is 0 Å². The number of hydrogen-bond acceptors (Lipinski definition) is 6. The number of ether oxygens (including phenoxy) is 1. The SMILES string of the molecule is C[C@@H](Oc1ccc2[nH]nc(-c3cnn(C4CCN(C(=O)CN(C)C)CC4)c3)c2c1)c1c(Cl)cncc1Cl. The molecule has 0 unspecified atom stereocenters. The van der Waals surface area contributed by atoms with Crippen LogP contribution in [0.4, 0.5) is 0 Å². The summed E-state index contributed by atoms with van der Waals surface area (Å²) in [5.41, 5.74) is 3.32. The molecule has 5 rings (SSSR count). The van der Waals surface area contributed by atoms with Gasteiger partial charge in [0.15, 0.2) is 0 Å². The number of piperidine rings is 1. The number of carbonyl (C=O) groups is 1. The van der Waals surface area contributed by atoms with E-state index in [4.69, 9.17) is 27.9 Å². The quantitative estimate of drug-likeness (QED) is 0.354. The van der Waals surface area contributed by atoms with Gasteiger partial charge in [-0.2, -0.15) is 10.2 Å². The molecule has 1 atom stereocenters. The van der Waals surface area contributed by atoms with Gasteiger partial charge in [0.05, 0.1) is 34.3 Å². The average Bonchev–Trinajstić information content (AvgIpc) is 3.50. The minimum atomic E-state index is -0.367. The number of benzene rings is 1. The molecule has 0 aliphatic carbocycles. The van der Waals surface area contributed by atoms with Crippen LogP contribution in [0.25, 0.3) is 22.2 Å². The summed E-state index contributed by atoms with van der Waals surface area (Å²) in [6.45, 7) is 3.82. The Morgan fingerprint density at radius 3 is 2.62 bits per heavy atom. The van der Waals surface area contributed by atoms with Gasteiger partial charge in [0.25, 0.3) is 0 Å². The van der Waals surface area contributed by atoms with Crippen molar-refractivity contribution in [3.8, 4) is 17.0 Å². The maximum Gasteiger partial charge on any atom is 0.236 e. The van der Waals surface area contributed by atoms with Crippen molar-refractivity contribution >= 4 is 40.0 Å². The minimum absolute atomic E-state index is 0.174. The lowest BCUT2D eigenvalue weighted by Crippen LogP contribution is -2.43. The van der Waals surface area contributed by atoms with E-state index in [0.717, 1.165) is 48.1 Å². The number of fused-ring (bicyclic) bond motifs is 1. The Morgan fingerprint density at radius 2 is 1.92 bits per heavy atom. The standard InChI is InChI=1S/C26H29Cl2N7O2/c1-16(25-21(27)12-29-13-22(25)28)37-19-4-5-23-20(10-19)26(32-31-23)17-11-30-35(14-17)18-6-8-34(9-7-18)24(36)15-33(2)3/h4-5,10-14,16,18H,6-9,15H2,1-3H3,(H,31,32)/t16-/m1/s1. The van der Waals surface area contributed by atoms with E-state index in [2.05, 4.69) is 20.3 Å². The van der Waals surface area contributed by atoms with Crippen LogP contribution in [-0.4, -0.2) is 74.4 Å². The summed E-state index contributed by atoms with van der Waals surface area (Å²) in [5, 5.41) is 14.1. The molecule has 1 amide bonds. The third-order valence-electron chi connectivity index (χ3n) is 6.66. The summed E-state index contributed by atoms with van der Waals surface area (Å²) in [6.07, 6.45) is 8.37. The zero-order chi connectivity index (χ0) is 26.1. The highest BCUT2D eigenvalue weighted by molar-refractivity contribution is 6.35. The normalized spacial score (nSPS) is 15.5. The Hall–Kier alpha value is -3.14. The third kappa shape index (κ3) is 5.44. The van der Waals surface area contributed by atoms with E-state index in [0.29, 0.717) is 27.9 Å². The predicted octanol–water partition coefficient (Wildman–Crippen LogP) is 4.99. The number of likely N-dealkylation sites (tertiary alicyclic amines) is 1. The monoisotopic (exact) mass is 541 g/mol. The lowest BCUT2D eigenvalue weighted by Gasteiger charge is -2.32. The number of aromatic nitrogens is 5. The minimum Gasteiger partial charge on any atom is -0.486 e. The largest absolute Gasteiger partial charge is 0.486 e. The van der Waals surface area contributed by atoms with Crippen LogP contribution in [0.2, 0.25) is 10.0 Å². The maximum absolute atomic E-state index is 12.4. The van der Waals surface area contributed by atoms with Crippen molar-refractivity contribution in [3.63, 3.8) is 0 Å². The summed E-state index contributed by atoms with van der Waals surface area (Å²) in [7, 11) is 3.83. The number of aromatic amines is 1. The van der Waals surface area contributed by atoms with Gasteiger partial charge < -0.3 is 14.5 Å². The first-order chi connectivity index (χ1) is 17.8. The van der Waals surface area contributed by atoms with Crippen molar-refractivity contribution in [3.05, 3.63) is 58.6 Å². The molecule has 4 aromatic rings. The molecule has 1 N–H and O–H groups in total. The van der Waals surface area contributed by atoms with Gasteiger partial charge in [-0.1, -0.05) is 23.2 Å². The van der Waals surface area contributed by atoms with Crippen LogP contribution in [0.3, 0.4) is 0 Å². The molecule has 1 aliphatic heterocycles. The second-order valence-corrected chi connectivity index (χ2v) is 10.4. The molecule has 3 aromatic heterocycles. The predicted molar refractivity (Wildman–Crippen MR) is 144 cm³/mol. The van der Waals surface area contributed by atoms with Crippen molar-refractivity contribution in [1.29, 1.82) is 0 Å². The fourth-order valence-corrected chi connectivity index (χ4v) is 5.44. The number of H-pyrrole nitrogens is 1. The van der Waals surface area contributed by atoms with Crippen molar-refractivity contribution < 1.29 is 9.53 Å². The van der Waals surface area contributed by atoms with Crippen molar-refractivity contribution in [2.75, 3.05) is 33.7 Å². The number of hydrogen-bond donors (Lipinski definition) is 1. The number of carbonyl (C=O) groups excluding carboxylic acids is 1. The highest BCUT2D eigenvalue weighted by Crippen LogP contribution is 2.35. The summed E-state index contributed by atoms with van der Waals surface area (Å²) in [6, 6.07) is 6.03. The lowest BCUT2D eigenvalue weighted by atomic mass is 10.1. The summed E-state index contributed by atoms with van der Waals surface area (Å²) >= 11 is 12.6. The van der Waals surface area contributed by atoms with E-state index >= 15 is 0 Å². The maximum atomic E-state index is 12.4. The van der Waals surface area contributed by atoms with E-state index in [1.165, 1.54) is 0 Å². The van der Waals surface area contributed by atoms with Crippen LogP contribution >= 0.6 is 23.2 Å². The molecule has 1 aromatic carbocycles. The van der Waals surface area contributed by atoms with E-state index < -0.39 is 0 Å². The molecule has 194 valence electrons. The van der Waals surface area contributed by atoms with Crippen LogP contribution in [-0.2, 0) is 4.79 Å². The van der Waals surface area contributed by atoms with Crippen LogP contribution in [0.1, 0.15) is 37.5 Å².